The molecule has 2 fully saturated rings. The Balaban J connectivity index is 1.43. The Morgan fingerprint density at radius 3 is 2.58 bits per heavy atom. The molecule has 1 aromatic carbocycles. The molecular formula is C28H40N6O5S. The van der Waals surface area contributed by atoms with Gasteiger partial charge < -0.3 is 20.7 Å². The summed E-state index contributed by atoms with van der Waals surface area (Å²) in [5, 5.41) is 2.84. The van der Waals surface area contributed by atoms with E-state index in [1.165, 1.54) is 56.6 Å². The first-order valence-electron chi connectivity index (χ1n) is 14.2. The number of sulfonamides is 1. The smallest absolute Gasteiger partial charge is 0.305 e. The Kier molecular flexibility index (Phi) is 10.5. The van der Waals surface area contributed by atoms with E-state index in [1.54, 1.807) is 13.0 Å². The predicted octanol–water partition coefficient (Wildman–Crippen LogP) is 3.36. The molecule has 0 saturated heterocycles. The Hall–Kier alpha value is -3.09. The van der Waals surface area contributed by atoms with Gasteiger partial charge in [-0.25, -0.2) is 23.1 Å². The number of hydrogen-bond acceptors (Lipinski definition) is 9. The van der Waals surface area contributed by atoms with Gasteiger partial charge in [-0.3, -0.25) is 9.59 Å². The summed E-state index contributed by atoms with van der Waals surface area (Å²) in [5.41, 5.74) is 7.03. The maximum Gasteiger partial charge on any atom is 0.305 e. The summed E-state index contributed by atoms with van der Waals surface area (Å²) in [6.45, 7) is 3.06. The monoisotopic (exact) mass is 572 g/mol. The molecule has 0 spiro atoms. The average molecular weight is 573 g/mol. The van der Waals surface area contributed by atoms with Crippen LogP contribution in [0.25, 0.3) is 0 Å². The SMILES string of the molecule is CCOC(=O)CCCNS(=O)(=O)c1ccc(NC(=O)c2cc(N(CC3CC3)C3CCCCC3)ncn2)c(CN)c1. The second-order valence-electron chi connectivity index (χ2n) is 10.4. The third-order valence-electron chi connectivity index (χ3n) is 7.36. The van der Waals surface area contributed by atoms with Crippen molar-refractivity contribution < 1.29 is 22.7 Å². The highest BCUT2D eigenvalue weighted by Gasteiger charge is 2.30. The van der Waals surface area contributed by atoms with E-state index >= 15 is 0 Å². The van der Waals surface area contributed by atoms with E-state index in [1.807, 2.05) is 0 Å². The molecule has 1 heterocycles. The number of anilines is 2. The summed E-state index contributed by atoms with van der Waals surface area (Å²) >= 11 is 0. The number of carbonyl (C=O) groups is 2. The lowest BCUT2D eigenvalue weighted by Gasteiger charge is -2.35. The van der Waals surface area contributed by atoms with E-state index in [0.29, 0.717) is 29.6 Å². The first-order chi connectivity index (χ1) is 19.3. The molecule has 40 heavy (non-hydrogen) atoms. The number of amides is 1. The summed E-state index contributed by atoms with van der Waals surface area (Å²) in [5.74, 6) is 0.672. The zero-order valence-electron chi connectivity index (χ0n) is 23.1. The summed E-state index contributed by atoms with van der Waals surface area (Å²) in [7, 11) is -3.83. The van der Waals surface area contributed by atoms with Crippen molar-refractivity contribution in [2.24, 2.45) is 11.7 Å². The van der Waals surface area contributed by atoms with Gasteiger partial charge in [0.25, 0.3) is 5.91 Å². The number of nitrogens with one attached hydrogen (secondary N) is 2. The van der Waals surface area contributed by atoms with Crippen LogP contribution in [-0.4, -0.2) is 56.0 Å². The Morgan fingerprint density at radius 1 is 1.10 bits per heavy atom. The van der Waals surface area contributed by atoms with E-state index < -0.39 is 15.9 Å². The van der Waals surface area contributed by atoms with Gasteiger partial charge in [-0.2, -0.15) is 0 Å². The molecule has 2 aromatic rings. The summed E-state index contributed by atoms with van der Waals surface area (Å²) in [4.78, 5) is 35.8. The average Bonchev–Trinajstić information content (AvgIpc) is 3.79. The third kappa shape index (κ3) is 8.21. The molecule has 1 amide bonds. The molecule has 2 aliphatic carbocycles. The van der Waals surface area contributed by atoms with Gasteiger partial charge in [-0.1, -0.05) is 19.3 Å². The molecule has 0 radical (unpaired) electrons. The van der Waals surface area contributed by atoms with Crippen molar-refractivity contribution in [3.63, 3.8) is 0 Å². The Bertz CT molecular complexity index is 1280. The number of esters is 1. The van der Waals surface area contributed by atoms with Gasteiger partial charge in [-0.05, 0) is 68.7 Å². The second kappa shape index (κ2) is 14.0. The lowest BCUT2D eigenvalue weighted by molar-refractivity contribution is -0.143. The highest BCUT2D eigenvalue weighted by atomic mass is 32.2. The van der Waals surface area contributed by atoms with Crippen molar-refractivity contribution in [3.05, 3.63) is 41.9 Å². The van der Waals surface area contributed by atoms with Crippen LogP contribution in [0, 0.1) is 5.92 Å². The van der Waals surface area contributed by atoms with Crippen molar-refractivity contribution in [2.45, 2.75) is 82.2 Å². The Labute approximate surface area is 236 Å². The molecule has 2 saturated carbocycles. The van der Waals surface area contributed by atoms with Crippen molar-refractivity contribution in [2.75, 3.05) is 29.9 Å². The minimum Gasteiger partial charge on any atom is -0.466 e. The fraction of sp³-hybridized carbons (Fsp3) is 0.571. The maximum absolute atomic E-state index is 13.2. The number of rotatable bonds is 14. The quantitative estimate of drug-likeness (QED) is 0.228. The van der Waals surface area contributed by atoms with Crippen LogP contribution in [0.1, 0.15) is 80.8 Å². The molecule has 0 aliphatic heterocycles. The van der Waals surface area contributed by atoms with Gasteiger partial charge in [0.15, 0.2) is 0 Å². The van der Waals surface area contributed by atoms with Crippen molar-refractivity contribution in [1.82, 2.24) is 14.7 Å². The van der Waals surface area contributed by atoms with Gasteiger partial charge in [0.1, 0.15) is 17.8 Å². The molecule has 0 atom stereocenters. The first kappa shape index (κ1) is 29.9. The molecule has 11 nitrogen and oxygen atoms in total. The maximum atomic E-state index is 13.2. The van der Waals surface area contributed by atoms with Gasteiger partial charge >= 0.3 is 5.97 Å². The lowest BCUT2D eigenvalue weighted by atomic mass is 9.94. The van der Waals surface area contributed by atoms with Crippen LogP contribution in [0.2, 0.25) is 0 Å². The summed E-state index contributed by atoms with van der Waals surface area (Å²) in [6, 6.07) is 6.55. The fourth-order valence-corrected chi connectivity index (χ4v) is 6.12. The number of ether oxygens (including phenoxy) is 1. The molecule has 1 aromatic heterocycles. The van der Waals surface area contributed by atoms with Crippen LogP contribution in [-0.2, 0) is 26.1 Å². The van der Waals surface area contributed by atoms with E-state index in [0.717, 1.165) is 25.2 Å². The van der Waals surface area contributed by atoms with Gasteiger partial charge in [-0.15, -0.1) is 0 Å². The van der Waals surface area contributed by atoms with Crippen LogP contribution >= 0.6 is 0 Å². The largest absolute Gasteiger partial charge is 0.466 e. The van der Waals surface area contributed by atoms with Crippen LogP contribution in [0.5, 0.6) is 0 Å². The van der Waals surface area contributed by atoms with Gasteiger partial charge in [0, 0.05) is 43.9 Å². The predicted molar refractivity (Wildman–Crippen MR) is 152 cm³/mol. The molecule has 4 N–H and O–H groups in total. The lowest BCUT2D eigenvalue weighted by Crippen LogP contribution is -2.39. The van der Waals surface area contributed by atoms with Crippen LogP contribution < -0.4 is 20.7 Å². The fourth-order valence-electron chi connectivity index (χ4n) is 5.00. The third-order valence-corrected chi connectivity index (χ3v) is 8.82. The minimum absolute atomic E-state index is 0.0215. The molecule has 0 unspecified atom stereocenters. The van der Waals surface area contributed by atoms with E-state index in [9.17, 15) is 18.0 Å². The van der Waals surface area contributed by atoms with E-state index in [4.69, 9.17) is 10.5 Å². The number of nitrogens with two attached hydrogens (primary N) is 1. The highest BCUT2D eigenvalue weighted by Crippen LogP contribution is 2.34. The normalized spacial score (nSPS) is 15.9. The van der Waals surface area contributed by atoms with Gasteiger partial charge in [0.2, 0.25) is 10.0 Å². The molecule has 218 valence electrons. The van der Waals surface area contributed by atoms with Crippen LogP contribution in [0.4, 0.5) is 11.5 Å². The Morgan fingerprint density at radius 2 is 1.88 bits per heavy atom. The van der Waals surface area contributed by atoms with E-state index in [-0.39, 0.29) is 42.7 Å². The van der Waals surface area contributed by atoms with Crippen molar-refractivity contribution in [1.29, 1.82) is 0 Å². The number of hydrogen-bond donors (Lipinski definition) is 3. The molecule has 4 rings (SSSR count). The van der Waals surface area contributed by atoms with Crippen molar-refractivity contribution >= 4 is 33.4 Å². The standard InChI is InChI=1S/C28H40N6O5S/c1-2-39-27(35)9-6-14-32-40(37,38)23-12-13-24(21(15-23)17-29)33-28(36)25-16-26(31-19-30-25)34(18-20-10-11-20)22-7-4-3-5-8-22/h12-13,15-16,19-20,22,32H,2-11,14,17-18,29H2,1H3,(H,33,36). The zero-order valence-corrected chi connectivity index (χ0v) is 23.9. The summed E-state index contributed by atoms with van der Waals surface area (Å²) in [6.07, 6.45) is 10.3. The topological polar surface area (TPSA) is 157 Å². The van der Waals surface area contributed by atoms with E-state index in [2.05, 4.69) is 24.9 Å². The number of nitrogens with zero attached hydrogens (tertiary/aromatic N) is 3. The van der Waals surface area contributed by atoms with Crippen LogP contribution in [0.15, 0.2) is 35.5 Å². The zero-order chi connectivity index (χ0) is 28.5. The minimum atomic E-state index is -3.83. The number of carbonyl (C=O) groups excluding carboxylic acids is 2. The van der Waals surface area contributed by atoms with Crippen LogP contribution in [0.3, 0.4) is 0 Å². The molecule has 12 heteroatoms. The second-order valence-corrected chi connectivity index (χ2v) is 12.2. The van der Waals surface area contributed by atoms with Crippen molar-refractivity contribution in [3.8, 4) is 0 Å². The number of benzene rings is 1. The number of aromatic nitrogens is 2. The molecule has 0 bridgehead atoms. The summed E-state index contributed by atoms with van der Waals surface area (Å²) < 4.78 is 32.9. The highest BCUT2D eigenvalue weighted by molar-refractivity contribution is 7.89. The first-order valence-corrected chi connectivity index (χ1v) is 15.7. The molecule has 2 aliphatic rings. The van der Waals surface area contributed by atoms with Gasteiger partial charge in [0.05, 0.1) is 11.5 Å². The molecular weight excluding hydrogens is 532 g/mol.